The lowest BCUT2D eigenvalue weighted by Gasteiger charge is -2.34. The predicted octanol–water partition coefficient (Wildman–Crippen LogP) is 1.18. The maximum absolute atomic E-state index is 11.8. The molecule has 2 aromatic heterocycles. The Kier molecular flexibility index (Phi) is 4.06. The molecular weight excluding hydrogens is 266 g/mol. The number of urea groups is 1. The van der Waals surface area contributed by atoms with Crippen LogP contribution in [-0.4, -0.2) is 57.9 Å². The number of carbonyl (C=O) groups is 1. The predicted molar refractivity (Wildman–Crippen MR) is 81.1 cm³/mol. The minimum Gasteiger partial charge on any atom is -0.338 e. The Labute approximate surface area is 124 Å². The number of nitrogens with one attached hydrogen (secondary N) is 1. The number of imidazole rings is 1. The second kappa shape index (κ2) is 6.13. The van der Waals surface area contributed by atoms with Crippen molar-refractivity contribution in [3.05, 3.63) is 36.3 Å². The lowest BCUT2D eigenvalue weighted by molar-refractivity contribution is 0.134. The third kappa shape index (κ3) is 3.00. The summed E-state index contributed by atoms with van der Waals surface area (Å²) in [6.07, 6.45) is 3.98. The molecule has 6 heteroatoms. The van der Waals surface area contributed by atoms with Gasteiger partial charge < -0.3 is 14.6 Å². The van der Waals surface area contributed by atoms with E-state index in [2.05, 4.69) is 19.6 Å². The largest absolute Gasteiger partial charge is 0.338 e. The molecule has 1 fully saturated rings. The van der Waals surface area contributed by atoms with Crippen LogP contribution in [0.25, 0.3) is 5.65 Å². The second-order valence-corrected chi connectivity index (χ2v) is 5.28. The van der Waals surface area contributed by atoms with Gasteiger partial charge in [-0.2, -0.15) is 0 Å². The van der Waals surface area contributed by atoms with Crippen LogP contribution in [0.5, 0.6) is 0 Å². The normalized spacial score (nSPS) is 16.3. The van der Waals surface area contributed by atoms with Crippen LogP contribution in [0, 0.1) is 0 Å². The smallest absolute Gasteiger partial charge is 0.317 e. The van der Waals surface area contributed by atoms with Gasteiger partial charge in [0.2, 0.25) is 0 Å². The van der Waals surface area contributed by atoms with E-state index in [1.165, 1.54) is 5.69 Å². The molecule has 0 saturated carbocycles. The average Bonchev–Trinajstić information content (AvgIpc) is 2.92. The summed E-state index contributed by atoms with van der Waals surface area (Å²) >= 11 is 0. The SMILES string of the molecule is CCNC(=O)N1CCN(Cc2cnc3ccccn23)CC1. The molecule has 2 amide bonds. The van der Waals surface area contributed by atoms with Gasteiger partial charge in [-0.05, 0) is 19.1 Å². The van der Waals surface area contributed by atoms with Gasteiger partial charge in [-0.3, -0.25) is 4.90 Å². The van der Waals surface area contributed by atoms with Gasteiger partial charge in [-0.1, -0.05) is 6.07 Å². The number of carbonyl (C=O) groups excluding carboxylic acids is 1. The third-order valence-corrected chi connectivity index (χ3v) is 3.87. The molecule has 3 heterocycles. The molecule has 21 heavy (non-hydrogen) atoms. The number of fused-ring (bicyclic) bond motifs is 1. The van der Waals surface area contributed by atoms with Crippen LogP contribution >= 0.6 is 0 Å². The van der Waals surface area contributed by atoms with Crippen molar-refractivity contribution in [2.75, 3.05) is 32.7 Å². The molecule has 0 radical (unpaired) electrons. The minimum atomic E-state index is 0.0481. The van der Waals surface area contributed by atoms with Crippen molar-refractivity contribution in [3.8, 4) is 0 Å². The minimum absolute atomic E-state index is 0.0481. The lowest BCUT2D eigenvalue weighted by Crippen LogP contribution is -2.51. The summed E-state index contributed by atoms with van der Waals surface area (Å²) in [7, 11) is 0. The van der Waals surface area contributed by atoms with Crippen LogP contribution in [0.15, 0.2) is 30.6 Å². The fourth-order valence-corrected chi connectivity index (χ4v) is 2.70. The van der Waals surface area contributed by atoms with Crippen molar-refractivity contribution in [2.45, 2.75) is 13.5 Å². The van der Waals surface area contributed by atoms with Crippen LogP contribution in [0.3, 0.4) is 0 Å². The van der Waals surface area contributed by atoms with E-state index in [-0.39, 0.29) is 6.03 Å². The van der Waals surface area contributed by atoms with E-state index in [0.29, 0.717) is 6.54 Å². The van der Waals surface area contributed by atoms with Gasteiger partial charge in [0.1, 0.15) is 5.65 Å². The maximum Gasteiger partial charge on any atom is 0.317 e. The first-order valence-corrected chi connectivity index (χ1v) is 7.44. The van der Waals surface area contributed by atoms with Crippen molar-refractivity contribution in [1.82, 2.24) is 24.5 Å². The monoisotopic (exact) mass is 287 g/mol. The molecular formula is C15H21N5O. The molecule has 112 valence electrons. The summed E-state index contributed by atoms with van der Waals surface area (Å²) < 4.78 is 2.12. The van der Waals surface area contributed by atoms with Gasteiger partial charge in [0.25, 0.3) is 0 Å². The highest BCUT2D eigenvalue weighted by Crippen LogP contribution is 2.11. The van der Waals surface area contributed by atoms with Crippen molar-refractivity contribution in [2.24, 2.45) is 0 Å². The van der Waals surface area contributed by atoms with E-state index in [0.717, 1.165) is 38.4 Å². The number of amides is 2. The average molecular weight is 287 g/mol. The van der Waals surface area contributed by atoms with Crippen molar-refractivity contribution in [3.63, 3.8) is 0 Å². The van der Waals surface area contributed by atoms with E-state index in [4.69, 9.17) is 0 Å². The molecule has 0 unspecified atom stereocenters. The molecule has 3 rings (SSSR count). The van der Waals surface area contributed by atoms with Crippen molar-refractivity contribution < 1.29 is 4.79 Å². The summed E-state index contributed by atoms with van der Waals surface area (Å²) in [6.45, 7) is 6.85. The highest BCUT2D eigenvalue weighted by molar-refractivity contribution is 5.74. The zero-order chi connectivity index (χ0) is 14.7. The van der Waals surface area contributed by atoms with E-state index in [9.17, 15) is 4.79 Å². The lowest BCUT2D eigenvalue weighted by atomic mass is 10.3. The molecule has 0 atom stereocenters. The van der Waals surface area contributed by atoms with Crippen LogP contribution in [0.2, 0.25) is 0 Å². The first-order valence-electron chi connectivity index (χ1n) is 7.44. The Morgan fingerprint density at radius 1 is 1.29 bits per heavy atom. The van der Waals surface area contributed by atoms with Crippen molar-refractivity contribution >= 4 is 11.7 Å². The van der Waals surface area contributed by atoms with Gasteiger partial charge in [0, 0.05) is 45.5 Å². The summed E-state index contributed by atoms with van der Waals surface area (Å²) in [4.78, 5) is 20.4. The van der Waals surface area contributed by atoms with Crippen LogP contribution in [-0.2, 0) is 6.54 Å². The summed E-state index contributed by atoms with van der Waals surface area (Å²) in [5.74, 6) is 0. The van der Waals surface area contributed by atoms with E-state index < -0.39 is 0 Å². The summed E-state index contributed by atoms with van der Waals surface area (Å²) in [5, 5.41) is 2.85. The third-order valence-electron chi connectivity index (χ3n) is 3.87. The zero-order valence-corrected chi connectivity index (χ0v) is 12.3. The molecule has 1 aliphatic heterocycles. The molecule has 0 bridgehead atoms. The fourth-order valence-electron chi connectivity index (χ4n) is 2.70. The number of hydrogen-bond acceptors (Lipinski definition) is 3. The van der Waals surface area contributed by atoms with Gasteiger partial charge >= 0.3 is 6.03 Å². The molecule has 1 saturated heterocycles. The summed E-state index contributed by atoms with van der Waals surface area (Å²) in [5.41, 5.74) is 2.17. The number of pyridine rings is 1. The zero-order valence-electron chi connectivity index (χ0n) is 12.3. The summed E-state index contributed by atoms with van der Waals surface area (Å²) in [6, 6.07) is 6.07. The second-order valence-electron chi connectivity index (χ2n) is 5.28. The Morgan fingerprint density at radius 3 is 2.86 bits per heavy atom. The molecule has 0 aliphatic carbocycles. The molecule has 6 nitrogen and oxygen atoms in total. The topological polar surface area (TPSA) is 52.9 Å². The first-order chi connectivity index (χ1) is 10.3. The number of piperazine rings is 1. The Bertz CT molecular complexity index is 615. The number of aromatic nitrogens is 2. The van der Waals surface area contributed by atoms with Gasteiger partial charge in [-0.25, -0.2) is 9.78 Å². The number of nitrogens with zero attached hydrogens (tertiary/aromatic N) is 4. The number of rotatable bonds is 3. The van der Waals surface area contributed by atoms with Gasteiger partial charge in [-0.15, -0.1) is 0 Å². The highest BCUT2D eigenvalue weighted by Gasteiger charge is 2.21. The Morgan fingerprint density at radius 2 is 2.10 bits per heavy atom. The Hall–Kier alpha value is -2.08. The number of hydrogen-bond donors (Lipinski definition) is 1. The molecule has 1 N–H and O–H groups in total. The molecule has 2 aromatic rings. The van der Waals surface area contributed by atoms with E-state index in [1.807, 2.05) is 42.4 Å². The fraction of sp³-hybridized carbons (Fsp3) is 0.467. The molecule has 0 spiro atoms. The van der Waals surface area contributed by atoms with Crippen LogP contribution < -0.4 is 5.32 Å². The standard InChI is InChI=1S/C15H21N5O/c1-2-16-15(21)19-9-7-18(8-10-19)12-13-11-17-14-5-3-4-6-20(13)14/h3-6,11H,2,7-10,12H2,1H3,(H,16,21). The van der Waals surface area contributed by atoms with Gasteiger partial charge in [0.05, 0.1) is 11.9 Å². The highest BCUT2D eigenvalue weighted by atomic mass is 16.2. The van der Waals surface area contributed by atoms with Gasteiger partial charge in [0.15, 0.2) is 0 Å². The van der Waals surface area contributed by atoms with Crippen LogP contribution in [0.4, 0.5) is 4.79 Å². The maximum atomic E-state index is 11.8. The van der Waals surface area contributed by atoms with Crippen LogP contribution in [0.1, 0.15) is 12.6 Å². The van der Waals surface area contributed by atoms with Crippen molar-refractivity contribution in [1.29, 1.82) is 0 Å². The molecule has 0 aromatic carbocycles. The van der Waals surface area contributed by atoms with E-state index >= 15 is 0 Å². The quantitative estimate of drug-likeness (QED) is 0.922. The van der Waals surface area contributed by atoms with E-state index in [1.54, 1.807) is 0 Å². The Balaban J connectivity index is 1.59. The first kappa shape index (κ1) is 13.9. The molecule has 1 aliphatic rings.